The lowest BCUT2D eigenvalue weighted by Gasteiger charge is -2.34. The average Bonchev–Trinajstić information content (AvgIpc) is 2.68. The van der Waals surface area contributed by atoms with Crippen LogP contribution in [-0.2, 0) is 11.2 Å². The minimum absolute atomic E-state index is 0.107. The van der Waals surface area contributed by atoms with Crippen LogP contribution < -0.4 is 5.32 Å². The molecular formula is C20H22F2N2O2. The first kappa shape index (κ1) is 18.5. The average molecular weight is 360 g/mol. The second-order valence-electron chi connectivity index (χ2n) is 6.33. The zero-order valence-corrected chi connectivity index (χ0v) is 14.5. The minimum Gasteiger partial charge on any atom is -0.379 e. The van der Waals surface area contributed by atoms with E-state index in [-0.39, 0.29) is 11.6 Å². The molecule has 0 radical (unpaired) electrons. The molecule has 1 unspecified atom stereocenters. The molecular weight excluding hydrogens is 338 g/mol. The number of morpholine rings is 1. The Balaban J connectivity index is 1.66. The lowest BCUT2D eigenvalue weighted by Crippen LogP contribution is -2.49. The van der Waals surface area contributed by atoms with Crippen LogP contribution in [-0.4, -0.2) is 49.7 Å². The fraction of sp³-hybridized carbons (Fsp3) is 0.350. The Morgan fingerprint density at radius 2 is 1.81 bits per heavy atom. The highest BCUT2D eigenvalue weighted by Crippen LogP contribution is 2.12. The summed E-state index contributed by atoms with van der Waals surface area (Å²) in [5.41, 5.74) is 1.30. The van der Waals surface area contributed by atoms with E-state index in [1.165, 1.54) is 11.6 Å². The van der Waals surface area contributed by atoms with Gasteiger partial charge >= 0.3 is 0 Å². The lowest BCUT2D eigenvalue weighted by atomic mass is 10.0. The molecule has 1 saturated heterocycles. The number of hydrogen-bond acceptors (Lipinski definition) is 3. The van der Waals surface area contributed by atoms with Crippen LogP contribution in [0.2, 0.25) is 0 Å². The summed E-state index contributed by atoms with van der Waals surface area (Å²) in [6.07, 6.45) is 0.791. The molecule has 1 amide bonds. The van der Waals surface area contributed by atoms with Crippen LogP contribution in [0.4, 0.5) is 8.78 Å². The van der Waals surface area contributed by atoms with Crippen molar-refractivity contribution < 1.29 is 18.3 Å². The van der Waals surface area contributed by atoms with Crippen molar-refractivity contribution >= 4 is 5.91 Å². The first-order chi connectivity index (χ1) is 12.6. The predicted molar refractivity (Wildman–Crippen MR) is 95.0 cm³/mol. The summed E-state index contributed by atoms with van der Waals surface area (Å²) in [7, 11) is 0. The van der Waals surface area contributed by atoms with E-state index in [1.807, 2.05) is 18.2 Å². The second kappa shape index (κ2) is 8.87. The summed E-state index contributed by atoms with van der Waals surface area (Å²) < 4.78 is 31.8. The van der Waals surface area contributed by atoms with Crippen molar-refractivity contribution in [1.29, 1.82) is 0 Å². The van der Waals surface area contributed by atoms with Crippen LogP contribution in [0, 0.1) is 11.6 Å². The first-order valence-electron chi connectivity index (χ1n) is 8.72. The molecule has 1 aliphatic heterocycles. The fourth-order valence-corrected chi connectivity index (χ4v) is 3.11. The first-order valence-corrected chi connectivity index (χ1v) is 8.72. The Hall–Kier alpha value is -2.31. The molecule has 0 aliphatic carbocycles. The van der Waals surface area contributed by atoms with Crippen LogP contribution in [0.3, 0.4) is 0 Å². The highest BCUT2D eigenvalue weighted by atomic mass is 19.2. The molecule has 1 fully saturated rings. The van der Waals surface area contributed by atoms with E-state index in [4.69, 9.17) is 4.74 Å². The molecule has 0 saturated carbocycles. The van der Waals surface area contributed by atoms with Gasteiger partial charge in [-0.05, 0) is 30.2 Å². The number of nitrogens with zero attached hydrogens (tertiary/aromatic N) is 1. The number of ether oxygens (including phenoxy) is 1. The Kier molecular flexibility index (Phi) is 6.30. The third-order valence-corrected chi connectivity index (χ3v) is 4.56. The Morgan fingerprint density at radius 3 is 2.50 bits per heavy atom. The van der Waals surface area contributed by atoms with Crippen LogP contribution in [0.1, 0.15) is 15.9 Å². The van der Waals surface area contributed by atoms with E-state index in [9.17, 15) is 13.6 Å². The van der Waals surface area contributed by atoms with Gasteiger partial charge in [0.2, 0.25) is 0 Å². The Labute approximate surface area is 151 Å². The molecule has 2 aromatic rings. The Morgan fingerprint density at radius 1 is 1.08 bits per heavy atom. The molecule has 6 heteroatoms. The van der Waals surface area contributed by atoms with E-state index in [0.717, 1.165) is 31.6 Å². The van der Waals surface area contributed by atoms with Gasteiger partial charge in [-0.3, -0.25) is 9.69 Å². The molecule has 1 N–H and O–H groups in total. The van der Waals surface area contributed by atoms with Gasteiger partial charge in [-0.15, -0.1) is 0 Å². The van der Waals surface area contributed by atoms with Gasteiger partial charge in [0.1, 0.15) is 0 Å². The number of amides is 1. The van der Waals surface area contributed by atoms with Crippen LogP contribution >= 0.6 is 0 Å². The van der Waals surface area contributed by atoms with Crippen molar-refractivity contribution in [2.45, 2.75) is 12.5 Å². The van der Waals surface area contributed by atoms with Gasteiger partial charge in [0.05, 0.1) is 13.2 Å². The molecule has 1 aliphatic rings. The summed E-state index contributed by atoms with van der Waals surface area (Å²) in [6, 6.07) is 13.4. The molecule has 2 aromatic carbocycles. The van der Waals surface area contributed by atoms with Gasteiger partial charge in [-0.1, -0.05) is 30.3 Å². The summed E-state index contributed by atoms with van der Waals surface area (Å²) in [5.74, 6) is -2.39. The molecule has 0 bridgehead atoms. The van der Waals surface area contributed by atoms with Gasteiger partial charge in [-0.25, -0.2) is 8.78 Å². The topological polar surface area (TPSA) is 41.6 Å². The van der Waals surface area contributed by atoms with Crippen molar-refractivity contribution in [3.8, 4) is 0 Å². The normalized spacial score (nSPS) is 16.2. The standard InChI is InChI=1S/C20H22F2N2O2/c21-18-7-6-16(13-19(18)22)20(25)23-14-17(24-8-10-26-11-9-24)12-15-4-2-1-3-5-15/h1-7,13,17H,8-12,14H2,(H,23,25). The van der Waals surface area contributed by atoms with Crippen LogP contribution in [0.5, 0.6) is 0 Å². The number of nitrogens with one attached hydrogen (secondary N) is 1. The molecule has 26 heavy (non-hydrogen) atoms. The number of rotatable bonds is 6. The van der Waals surface area contributed by atoms with Crippen molar-refractivity contribution in [1.82, 2.24) is 10.2 Å². The summed E-state index contributed by atoms with van der Waals surface area (Å²) in [4.78, 5) is 14.6. The van der Waals surface area contributed by atoms with E-state index >= 15 is 0 Å². The smallest absolute Gasteiger partial charge is 0.251 e. The lowest BCUT2D eigenvalue weighted by molar-refractivity contribution is 0.0167. The van der Waals surface area contributed by atoms with Gasteiger partial charge in [-0.2, -0.15) is 0 Å². The Bertz CT molecular complexity index is 734. The zero-order chi connectivity index (χ0) is 18.4. The molecule has 0 aromatic heterocycles. The zero-order valence-electron chi connectivity index (χ0n) is 14.5. The number of halogens is 2. The van der Waals surface area contributed by atoms with Crippen molar-refractivity contribution in [3.63, 3.8) is 0 Å². The van der Waals surface area contributed by atoms with Crippen molar-refractivity contribution in [2.24, 2.45) is 0 Å². The summed E-state index contributed by atoms with van der Waals surface area (Å²) in [5, 5.41) is 2.85. The third-order valence-electron chi connectivity index (χ3n) is 4.56. The molecule has 3 rings (SSSR count). The van der Waals surface area contributed by atoms with Gasteiger partial charge in [0.25, 0.3) is 5.91 Å². The monoisotopic (exact) mass is 360 g/mol. The fourth-order valence-electron chi connectivity index (χ4n) is 3.11. The molecule has 1 heterocycles. The maximum Gasteiger partial charge on any atom is 0.251 e. The van der Waals surface area contributed by atoms with Crippen molar-refractivity contribution in [3.05, 3.63) is 71.3 Å². The minimum atomic E-state index is -1.02. The summed E-state index contributed by atoms with van der Waals surface area (Å²) >= 11 is 0. The molecule has 4 nitrogen and oxygen atoms in total. The number of carbonyl (C=O) groups is 1. The van der Waals surface area contributed by atoms with E-state index < -0.39 is 17.5 Å². The quantitative estimate of drug-likeness (QED) is 0.861. The van der Waals surface area contributed by atoms with Gasteiger partial charge in [0.15, 0.2) is 11.6 Å². The maximum absolute atomic E-state index is 13.3. The van der Waals surface area contributed by atoms with Gasteiger partial charge in [0, 0.05) is 31.2 Å². The van der Waals surface area contributed by atoms with Crippen LogP contribution in [0.25, 0.3) is 0 Å². The highest BCUT2D eigenvalue weighted by molar-refractivity contribution is 5.94. The summed E-state index contributed by atoms with van der Waals surface area (Å²) in [6.45, 7) is 3.37. The largest absolute Gasteiger partial charge is 0.379 e. The van der Waals surface area contributed by atoms with Crippen molar-refractivity contribution in [2.75, 3.05) is 32.8 Å². The molecule has 1 atom stereocenters. The number of carbonyl (C=O) groups excluding carboxylic acids is 1. The SMILES string of the molecule is O=C(NCC(Cc1ccccc1)N1CCOCC1)c1ccc(F)c(F)c1. The second-order valence-corrected chi connectivity index (χ2v) is 6.33. The van der Waals surface area contributed by atoms with Crippen LogP contribution in [0.15, 0.2) is 48.5 Å². The predicted octanol–water partition coefficient (Wildman–Crippen LogP) is 2.64. The number of benzene rings is 2. The highest BCUT2D eigenvalue weighted by Gasteiger charge is 2.22. The van der Waals surface area contributed by atoms with Gasteiger partial charge < -0.3 is 10.1 Å². The van der Waals surface area contributed by atoms with E-state index in [1.54, 1.807) is 0 Å². The van der Waals surface area contributed by atoms with E-state index in [2.05, 4.69) is 22.3 Å². The molecule has 0 spiro atoms. The third kappa shape index (κ3) is 4.86. The maximum atomic E-state index is 13.3. The van der Waals surface area contributed by atoms with E-state index in [0.29, 0.717) is 19.8 Å². The molecule has 138 valence electrons. The number of hydrogen-bond donors (Lipinski definition) is 1.